The number of hydrogen-bond donors (Lipinski definition) is 1. The zero-order chi connectivity index (χ0) is 10.8. The Bertz CT molecular complexity index is 418. The summed E-state index contributed by atoms with van der Waals surface area (Å²) in [5.41, 5.74) is 0.921. The molecular weight excluding hydrogens is 196 g/mol. The molecule has 1 saturated heterocycles. The number of carbonyl (C=O) groups excluding carboxylic acids is 2. The maximum Gasteiger partial charge on any atom is 0.329 e. The molecule has 0 aromatic carbocycles. The van der Waals surface area contributed by atoms with E-state index in [0.717, 1.165) is 5.56 Å². The highest BCUT2D eigenvalue weighted by Crippen LogP contribution is 2.13. The summed E-state index contributed by atoms with van der Waals surface area (Å²) in [5.74, 6) is 0.219. The number of rotatable bonds is 1. The van der Waals surface area contributed by atoms with Crippen LogP contribution in [-0.4, -0.2) is 28.7 Å². The first-order chi connectivity index (χ1) is 7.16. The fourth-order valence-electron chi connectivity index (χ4n) is 1.36. The highest BCUT2D eigenvalue weighted by molar-refractivity contribution is 6.05. The van der Waals surface area contributed by atoms with Crippen LogP contribution in [0.3, 0.4) is 0 Å². The average molecular weight is 206 g/mol. The summed E-state index contributed by atoms with van der Waals surface area (Å²) in [4.78, 5) is 23.8. The molecule has 6 nitrogen and oxygen atoms in total. The maximum absolute atomic E-state index is 11.4. The average Bonchev–Trinajstić information content (AvgIpc) is 2.17. The molecule has 0 radical (unpaired) electrons. The summed E-state index contributed by atoms with van der Waals surface area (Å²) in [6.45, 7) is 2.22. The minimum atomic E-state index is -0.439. The van der Waals surface area contributed by atoms with Crippen LogP contribution < -0.4 is 10.2 Å². The number of hydrogen-bond acceptors (Lipinski definition) is 4. The Hall–Kier alpha value is -1.98. The Morgan fingerprint density at radius 3 is 2.93 bits per heavy atom. The van der Waals surface area contributed by atoms with Gasteiger partial charge >= 0.3 is 6.03 Å². The van der Waals surface area contributed by atoms with E-state index in [1.807, 2.05) is 6.92 Å². The molecule has 1 aromatic heterocycles. The SMILES string of the molecule is Cc1cnnc(N2CCC(=O)NC2=O)c1. The number of amides is 3. The summed E-state index contributed by atoms with van der Waals surface area (Å²) in [6, 6.07) is 1.31. The summed E-state index contributed by atoms with van der Waals surface area (Å²) in [6.07, 6.45) is 1.90. The van der Waals surface area contributed by atoms with Gasteiger partial charge in [-0.25, -0.2) is 4.79 Å². The molecule has 1 aromatic rings. The molecule has 2 rings (SSSR count). The standard InChI is InChI=1S/C9H10N4O2/c1-6-4-7(12-10-5-6)13-3-2-8(14)11-9(13)15/h4-5H,2-3H2,1H3,(H,11,14,15). The fourth-order valence-corrected chi connectivity index (χ4v) is 1.36. The summed E-state index contributed by atoms with van der Waals surface area (Å²) < 4.78 is 0. The first-order valence-electron chi connectivity index (χ1n) is 4.57. The maximum atomic E-state index is 11.4. The highest BCUT2D eigenvalue weighted by Gasteiger charge is 2.25. The number of urea groups is 1. The lowest BCUT2D eigenvalue weighted by atomic mass is 10.3. The molecule has 0 saturated carbocycles. The van der Waals surface area contributed by atoms with Crippen LogP contribution in [0.1, 0.15) is 12.0 Å². The first kappa shape index (κ1) is 9.57. The molecule has 0 bridgehead atoms. The van der Waals surface area contributed by atoms with Crippen molar-refractivity contribution in [2.24, 2.45) is 0 Å². The number of aromatic nitrogens is 2. The Morgan fingerprint density at radius 1 is 1.47 bits per heavy atom. The number of imide groups is 1. The lowest BCUT2D eigenvalue weighted by Crippen LogP contribution is -2.50. The molecule has 0 aliphatic carbocycles. The molecule has 2 heterocycles. The van der Waals surface area contributed by atoms with Crippen molar-refractivity contribution in [1.29, 1.82) is 0 Å². The molecule has 3 amide bonds. The molecule has 1 aliphatic heterocycles. The third-order valence-corrected chi connectivity index (χ3v) is 2.11. The third kappa shape index (κ3) is 1.93. The van der Waals surface area contributed by atoms with Gasteiger partial charge in [0.1, 0.15) is 0 Å². The van der Waals surface area contributed by atoms with E-state index in [1.165, 1.54) is 4.90 Å². The van der Waals surface area contributed by atoms with Crippen LogP contribution in [-0.2, 0) is 4.79 Å². The van der Waals surface area contributed by atoms with Crippen LogP contribution in [0.5, 0.6) is 0 Å². The van der Waals surface area contributed by atoms with Crippen LogP contribution in [0.25, 0.3) is 0 Å². The molecule has 1 aliphatic rings. The number of nitrogens with one attached hydrogen (secondary N) is 1. The molecule has 0 unspecified atom stereocenters. The van der Waals surface area contributed by atoms with Crippen molar-refractivity contribution in [2.75, 3.05) is 11.4 Å². The Morgan fingerprint density at radius 2 is 2.27 bits per heavy atom. The highest BCUT2D eigenvalue weighted by atomic mass is 16.2. The molecule has 1 fully saturated rings. The van der Waals surface area contributed by atoms with Gasteiger partial charge in [0.2, 0.25) is 5.91 Å². The Balaban J connectivity index is 2.24. The van der Waals surface area contributed by atoms with E-state index >= 15 is 0 Å². The normalized spacial score (nSPS) is 16.5. The first-order valence-corrected chi connectivity index (χ1v) is 4.57. The van der Waals surface area contributed by atoms with E-state index in [-0.39, 0.29) is 5.91 Å². The van der Waals surface area contributed by atoms with Crippen molar-refractivity contribution in [2.45, 2.75) is 13.3 Å². The second kappa shape index (κ2) is 3.64. The number of nitrogens with zero attached hydrogens (tertiary/aromatic N) is 3. The minimum Gasteiger partial charge on any atom is -0.278 e. The molecule has 0 atom stereocenters. The van der Waals surface area contributed by atoms with Crippen molar-refractivity contribution in [1.82, 2.24) is 15.5 Å². The summed E-state index contributed by atoms with van der Waals surface area (Å²) >= 11 is 0. The smallest absolute Gasteiger partial charge is 0.278 e. The van der Waals surface area contributed by atoms with Gasteiger partial charge in [0.25, 0.3) is 0 Å². The van der Waals surface area contributed by atoms with Crippen LogP contribution in [0.4, 0.5) is 10.6 Å². The molecule has 1 N–H and O–H groups in total. The van der Waals surface area contributed by atoms with Gasteiger partial charge in [0.05, 0.1) is 6.20 Å². The van der Waals surface area contributed by atoms with Gasteiger partial charge in [-0.2, -0.15) is 5.10 Å². The Kier molecular flexibility index (Phi) is 2.32. The minimum absolute atomic E-state index is 0.253. The number of carbonyl (C=O) groups is 2. The number of anilines is 1. The zero-order valence-electron chi connectivity index (χ0n) is 8.23. The van der Waals surface area contributed by atoms with E-state index in [1.54, 1.807) is 12.3 Å². The van der Waals surface area contributed by atoms with Gasteiger partial charge in [0, 0.05) is 13.0 Å². The largest absolute Gasteiger partial charge is 0.329 e. The van der Waals surface area contributed by atoms with Crippen molar-refractivity contribution in [3.63, 3.8) is 0 Å². The van der Waals surface area contributed by atoms with E-state index in [0.29, 0.717) is 18.8 Å². The van der Waals surface area contributed by atoms with Gasteiger partial charge in [0.15, 0.2) is 5.82 Å². The topological polar surface area (TPSA) is 75.2 Å². The molecule has 78 valence electrons. The van der Waals surface area contributed by atoms with Gasteiger partial charge in [-0.15, -0.1) is 5.10 Å². The van der Waals surface area contributed by atoms with E-state index < -0.39 is 6.03 Å². The van der Waals surface area contributed by atoms with Crippen molar-refractivity contribution < 1.29 is 9.59 Å². The van der Waals surface area contributed by atoms with Gasteiger partial charge < -0.3 is 0 Å². The fraction of sp³-hybridized carbons (Fsp3) is 0.333. The predicted molar refractivity (Wildman–Crippen MR) is 52.3 cm³/mol. The van der Waals surface area contributed by atoms with Crippen molar-refractivity contribution in [3.8, 4) is 0 Å². The lowest BCUT2D eigenvalue weighted by Gasteiger charge is -2.24. The van der Waals surface area contributed by atoms with Crippen LogP contribution in [0.15, 0.2) is 12.3 Å². The van der Waals surface area contributed by atoms with Gasteiger partial charge in [-0.1, -0.05) is 0 Å². The summed E-state index contributed by atoms with van der Waals surface area (Å²) in [7, 11) is 0. The zero-order valence-corrected chi connectivity index (χ0v) is 8.23. The molecule has 6 heteroatoms. The van der Waals surface area contributed by atoms with Crippen molar-refractivity contribution in [3.05, 3.63) is 17.8 Å². The van der Waals surface area contributed by atoms with Crippen LogP contribution in [0.2, 0.25) is 0 Å². The molecule has 0 spiro atoms. The van der Waals surface area contributed by atoms with Crippen molar-refractivity contribution >= 4 is 17.8 Å². The van der Waals surface area contributed by atoms with Crippen LogP contribution in [0, 0.1) is 6.92 Å². The second-order valence-electron chi connectivity index (χ2n) is 3.35. The van der Waals surface area contributed by atoms with Gasteiger partial charge in [-0.05, 0) is 18.6 Å². The van der Waals surface area contributed by atoms with Gasteiger partial charge in [-0.3, -0.25) is 15.0 Å². The third-order valence-electron chi connectivity index (χ3n) is 2.11. The second-order valence-corrected chi connectivity index (χ2v) is 3.35. The number of aryl methyl sites for hydroxylation is 1. The van der Waals surface area contributed by atoms with E-state index in [4.69, 9.17) is 0 Å². The lowest BCUT2D eigenvalue weighted by molar-refractivity contribution is -0.120. The molecule has 15 heavy (non-hydrogen) atoms. The monoisotopic (exact) mass is 206 g/mol. The quantitative estimate of drug-likeness (QED) is 0.713. The van der Waals surface area contributed by atoms with E-state index in [9.17, 15) is 9.59 Å². The van der Waals surface area contributed by atoms with E-state index in [2.05, 4.69) is 15.5 Å². The molecular formula is C9H10N4O2. The Labute approximate surface area is 86.3 Å². The summed E-state index contributed by atoms with van der Waals surface area (Å²) in [5, 5.41) is 9.83. The predicted octanol–water partition coefficient (Wildman–Crippen LogP) is 0.231. The van der Waals surface area contributed by atoms with Crippen LogP contribution >= 0.6 is 0 Å².